The molecule has 0 aliphatic rings. The van der Waals surface area contributed by atoms with Crippen LogP contribution in [0.4, 0.5) is 4.39 Å². The predicted molar refractivity (Wildman–Crippen MR) is 88.5 cm³/mol. The minimum atomic E-state index is -3.80. The molecule has 0 atom stereocenters. The number of rotatable bonds is 7. The smallest absolute Gasteiger partial charge is 0.248 e. The number of hydrogen-bond donors (Lipinski definition) is 0. The van der Waals surface area contributed by atoms with Gasteiger partial charge in [0.25, 0.3) is 0 Å². The summed E-state index contributed by atoms with van der Waals surface area (Å²) < 4.78 is 45.9. The molecule has 0 saturated heterocycles. The lowest BCUT2D eigenvalue weighted by atomic mass is 10.2. The average molecular weight is 355 g/mol. The highest BCUT2D eigenvalue weighted by molar-refractivity contribution is 7.89. The van der Waals surface area contributed by atoms with E-state index in [1.807, 2.05) is 19.0 Å². The Morgan fingerprint density at radius 3 is 2.46 bits per heavy atom. The van der Waals surface area contributed by atoms with Crippen LogP contribution in [0.1, 0.15) is 17.0 Å². The normalized spacial score (nSPS) is 12.3. The van der Waals surface area contributed by atoms with Crippen LogP contribution in [0.15, 0.2) is 33.7 Å². The lowest BCUT2D eigenvalue weighted by Crippen LogP contribution is -2.36. The van der Waals surface area contributed by atoms with Gasteiger partial charge in [0.1, 0.15) is 16.4 Å². The lowest BCUT2D eigenvalue weighted by Gasteiger charge is -2.23. The van der Waals surface area contributed by atoms with Gasteiger partial charge in [0.15, 0.2) is 5.76 Å². The summed E-state index contributed by atoms with van der Waals surface area (Å²) in [7, 11) is -0.0699. The van der Waals surface area contributed by atoms with Crippen LogP contribution in [0.3, 0.4) is 0 Å². The first-order valence-electron chi connectivity index (χ1n) is 7.54. The van der Waals surface area contributed by atoms with Crippen molar-refractivity contribution in [3.05, 3.63) is 47.1 Å². The molecule has 0 bridgehead atoms. The van der Waals surface area contributed by atoms with Gasteiger partial charge in [0, 0.05) is 19.6 Å². The number of hydrogen-bond acceptors (Lipinski definition) is 5. The molecule has 0 unspecified atom stereocenters. The van der Waals surface area contributed by atoms with Crippen molar-refractivity contribution in [2.45, 2.75) is 25.3 Å². The van der Waals surface area contributed by atoms with Gasteiger partial charge in [-0.15, -0.1) is 0 Å². The fourth-order valence-corrected chi connectivity index (χ4v) is 4.12. The minimum absolute atomic E-state index is 0.0812. The van der Waals surface area contributed by atoms with Crippen molar-refractivity contribution in [2.24, 2.45) is 0 Å². The first-order chi connectivity index (χ1) is 11.2. The monoisotopic (exact) mass is 355 g/mol. The van der Waals surface area contributed by atoms with E-state index in [0.717, 1.165) is 0 Å². The van der Waals surface area contributed by atoms with Crippen molar-refractivity contribution in [3.63, 3.8) is 0 Å². The third-order valence-electron chi connectivity index (χ3n) is 3.61. The van der Waals surface area contributed by atoms with E-state index < -0.39 is 15.8 Å². The van der Waals surface area contributed by atoms with Crippen molar-refractivity contribution in [1.82, 2.24) is 14.4 Å². The Kier molecular flexibility index (Phi) is 5.74. The number of benzene rings is 1. The summed E-state index contributed by atoms with van der Waals surface area (Å²) in [5.74, 6) is -0.142. The zero-order valence-corrected chi connectivity index (χ0v) is 15.1. The van der Waals surface area contributed by atoms with Crippen molar-refractivity contribution in [3.8, 4) is 0 Å². The Morgan fingerprint density at radius 1 is 1.21 bits per heavy atom. The topological polar surface area (TPSA) is 66.7 Å². The quantitative estimate of drug-likeness (QED) is 0.762. The molecule has 0 saturated carbocycles. The fraction of sp³-hybridized carbons (Fsp3) is 0.438. The third-order valence-corrected chi connectivity index (χ3v) is 5.70. The maximum absolute atomic E-state index is 13.4. The highest BCUT2D eigenvalue weighted by Gasteiger charge is 2.31. The minimum Gasteiger partial charge on any atom is -0.360 e. The zero-order chi connectivity index (χ0) is 17.9. The molecule has 24 heavy (non-hydrogen) atoms. The zero-order valence-electron chi connectivity index (χ0n) is 14.3. The molecule has 1 aromatic carbocycles. The van der Waals surface area contributed by atoms with Crippen LogP contribution in [-0.4, -0.2) is 50.0 Å². The number of sulfonamides is 1. The summed E-state index contributed by atoms with van der Waals surface area (Å²) in [6.07, 6.45) is 0. The first kappa shape index (κ1) is 18.6. The molecule has 132 valence electrons. The molecule has 1 heterocycles. The molecule has 0 fully saturated rings. The van der Waals surface area contributed by atoms with E-state index in [1.165, 1.54) is 16.4 Å². The van der Waals surface area contributed by atoms with Gasteiger partial charge in [-0.25, -0.2) is 12.8 Å². The molecule has 0 radical (unpaired) electrons. The molecule has 0 spiro atoms. The van der Waals surface area contributed by atoms with Gasteiger partial charge in [-0.2, -0.15) is 4.31 Å². The van der Waals surface area contributed by atoms with E-state index >= 15 is 0 Å². The largest absolute Gasteiger partial charge is 0.360 e. The molecular weight excluding hydrogens is 333 g/mol. The maximum Gasteiger partial charge on any atom is 0.248 e. The Bertz CT molecular complexity index is 783. The van der Waals surface area contributed by atoms with E-state index in [-0.39, 0.29) is 23.7 Å². The van der Waals surface area contributed by atoms with E-state index in [2.05, 4.69) is 5.16 Å². The Morgan fingerprint density at radius 2 is 1.92 bits per heavy atom. The number of aryl methyl sites for hydroxylation is 2. The van der Waals surface area contributed by atoms with Crippen LogP contribution >= 0.6 is 0 Å². The second kappa shape index (κ2) is 7.42. The number of aromatic nitrogens is 1. The SMILES string of the molecule is Cc1noc(C)c1S(=O)(=O)N(CCN(C)C)Cc1cccc(F)c1. The summed E-state index contributed by atoms with van der Waals surface area (Å²) in [6, 6.07) is 5.94. The van der Waals surface area contributed by atoms with Crippen molar-refractivity contribution in [1.29, 1.82) is 0 Å². The predicted octanol–water partition coefficient (Wildman–Crippen LogP) is 2.18. The standard InChI is InChI=1S/C16H22FN3O3S/c1-12-16(13(2)23-18-12)24(21,22)20(9-8-19(3)4)11-14-6-5-7-15(17)10-14/h5-7,10H,8-9,11H2,1-4H3. The molecule has 1 aromatic heterocycles. The Hall–Kier alpha value is -1.77. The molecule has 8 heteroatoms. The summed E-state index contributed by atoms with van der Waals surface area (Å²) in [5, 5.41) is 3.73. The molecule has 6 nitrogen and oxygen atoms in total. The van der Waals surface area contributed by atoms with Crippen LogP contribution in [0, 0.1) is 19.7 Å². The average Bonchev–Trinajstić information content (AvgIpc) is 2.82. The highest BCUT2D eigenvalue weighted by Crippen LogP contribution is 2.24. The van der Waals surface area contributed by atoms with Crippen molar-refractivity contribution < 1.29 is 17.3 Å². The van der Waals surface area contributed by atoms with Gasteiger partial charge in [-0.05, 0) is 45.6 Å². The Balaban J connectivity index is 2.38. The number of halogens is 1. The second-order valence-electron chi connectivity index (χ2n) is 5.93. The molecule has 0 aliphatic heterocycles. The second-order valence-corrected chi connectivity index (χ2v) is 7.80. The number of likely N-dealkylation sites (N-methyl/N-ethyl adjacent to an activating group) is 1. The molecule has 2 aromatic rings. The summed E-state index contributed by atoms with van der Waals surface area (Å²) in [4.78, 5) is 1.97. The van der Waals surface area contributed by atoms with Gasteiger partial charge in [-0.3, -0.25) is 0 Å². The first-order valence-corrected chi connectivity index (χ1v) is 8.98. The van der Waals surface area contributed by atoms with E-state index in [9.17, 15) is 12.8 Å². The van der Waals surface area contributed by atoms with Gasteiger partial charge in [0.05, 0.1) is 0 Å². The van der Waals surface area contributed by atoms with Crippen LogP contribution in [-0.2, 0) is 16.6 Å². The van der Waals surface area contributed by atoms with E-state index in [4.69, 9.17) is 4.52 Å². The van der Waals surface area contributed by atoms with Gasteiger partial charge in [-0.1, -0.05) is 17.3 Å². The molecule has 0 N–H and O–H groups in total. The summed E-state index contributed by atoms with van der Waals surface area (Å²) in [5.41, 5.74) is 0.908. The summed E-state index contributed by atoms with van der Waals surface area (Å²) in [6.45, 7) is 4.06. The molecule has 2 rings (SSSR count). The Labute approximate surface area is 141 Å². The molecule has 0 aliphatic carbocycles. The van der Waals surface area contributed by atoms with Crippen LogP contribution in [0.2, 0.25) is 0 Å². The summed E-state index contributed by atoms with van der Waals surface area (Å²) >= 11 is 0. The van der Waals surface area contributed by atoms with Crippen LogP contribution in [0.25, 0.3) is 0 Å². The highest BCUT2D eigenvalue weighted by atomic mass is 32.2. The van der Waals surface area contributed by atoms with Gasteiger partial charge in [0.2, 0.25) is 10.0 Å². The van der Waals surface area contributed by atoms with Gasteiger partial charge >= 0.3 is 0 Å². The maximum atomic E-state index is 13.4. The molecule has 0 amide bonds. The van der Waals surface area contributed by atoms with Gasteiger partial charge < -0.3 is 9.42 Å². The third kappa shape index (κ3) is 4.19. The van der Waals surface area contributed by atoms with Crippen molar-refractivity contribution in [2.75, 3.05) is 27.2 Å². The lowest BCUT2D eigenvalue weighted by molar-refractivity contribution is 0.328. The fourth-order valence-electron chi connectivity index (χ4n) is 2.41. The molecular formula is C16H22FN3O3S. The number of nitrogens with zero attached hydrogens (tertiary/aromatic N) is 3. The van der Waals surface area contributed by atoms with Crippen molar-refractivity contribution >= 4 is 10.0 Å². The van der Waals surface area contributed by atoms with E-state index in [1.54, 1.807) is 26.0 Å². The van der Waals surface area contributed by atoms with E-state index in [0.29, 0.717) is 17.8 Å². The van der Waals surface area contributed by atoms with Crippen LogP contribution in [0.5, 0.6) is 0 Å². The van der Waals surface area contributed by atoms with Crippen LogP contribution < -0.4 is 0 Å².